The molecule has 7 heteroatoms. The number of carbonyl (C=O) groups excluding carboxylic acids is 2. The zero-order valence-corrected chi connectivity index (χ0v) is 23.4. The fourth-order valence-corrected chi connectivity index (χ4v) is 5.78. The fourth-order valence-electron chi connectivity index (χ4n) is 5.78. The molecule has 2 heterocycles. The van der Waals surface area contributed by atoms with Crippen molar-refractivity contribution in [3.63, 3.8) is 0 Å². The van der Waals surface area contributed by atoms with E-state index in [4.69, 9.17) is 13.9 Å². The first-order valence-corrected chi connectivity index (χ1v) is 14.4. The van der Waals surface area contributed by atoms with Gasteiger partial charge in [-0.25, -0.2) is 9.78 Å². The standard InChI is InChI=1S/C33H38N2O5/c1-3-38-33(37)28(20-31(36)35-21-26-11-7-8-12-27(26)22-35)19-24-13-15-29(16-14-24)39-18-17-30-23(2)40-32(34-30)25-9-5-4-6-10-25/h4-6,9-10,13-16,19,26-27H,3,7-8,11-12,17-18,20-22H2,1-2H3/b28-19+. The van der Waals surface area contributed by atoms with Gasteiger partial charge in [-0.1, -0.05) is 43.2 Å². The van der Waals surface area contributed by atoms with Crippen molar-refractivity contribution in [3.05, 3.63) is 77.2 Å². The quantitative estimate of drug-likeness (QED) is 0.222. The maximum atomic E-state index is 13.1. The molecule has 0 bridgehead atoms. The number of hydrogen-bond acceptors (Lipinski definition) is 6. The average Bonchev–Trinajstić information content (AvgIpc) is 3.58. The van der Waals surface area contributed by atoms with Crippen LogP contribution in [-0.2, 0) is 20.7 Å². The summed E-state index contributed by atoms with van der Waals surface area (Å²) in [6, 6.07) is 17.3. The number of nitrogens with zero attached hydrogens (tertiary/aromatic N) is 2. The largest absolute Gasteiger partial charge is 0.493 e. The highest BCUT2D eigenvalue weighted by Crippen LogP contribution is 2.36. The summed E-state index contributed by atoms with van der Waals surface area (Å²) in [5.41, 5.74) is 3.02. The maximum absolute atomic E-state index is 13.1. The van der Waals surface area contributed by atoms with Crippen LogP contribution in [0.1, 0.15) is 56.0 Å². The van der Waals surface area contributed by atoms with Gasteiger partial charge in [-0.3, -0.25) is 4.79 Å². The third-order valence-electron chi connectivity index (χ3n) is 7.95. The molecule has 2 aromatic carbocycles. The van der Waals surface area contributed by atoms with Crippen molar-refractivity contribution in [2.75, 3.05) is 26.3 Å². The Balaban J connectivity index is 1.18. The monoisotopic (exact) mass is 542 g/mol. The van der Waals surface area contributed by atoms with Gasteiger partial charge in [0.15, 0.2) is 0 Å². The molecule has 2 aliphatic rings. The number of amides is 1. The van der Waals surface area contributed by atoms with E-state index in [1.54, 1.807) is 13.0 Å². The van der Waals surface area contributed by atoms with Crippen LogP contribution in [0.25, 0.3) is 17.5 Å². The first-order chi connectivity index (χ1) is 19.5. The molecule has 7 nitrogen and oxygen atoms in total. The van der Waals surface area contributed by atoms with E-state index >= 15 is 0 Å². The first kappa shape index (κ1) is 27.7. The highest BCUT2D eigenvalue weighted by molar-refractivity contribution is 5.99. The Kier molecular flexibility index (Phi) is 8.99. The van der Waals surface area contributed by atoms with Crippen LogP contribution in [0.5, 0.6) is 5.75 Å². The van der Waals surface area contributed by atoms with Gasteiger partial charge in [-0.05, 0) is 74.4 Å². The Morgan fingerprint density at radius 1 is 1.02 bits per heavy atom. The van der Waals surface area contributed by atoms with E-state index < -0.39 is 5.97 Å². The molecule has 3 aromatic rings. The minimum atomic E-state index is -0.439. The average molecular weight is 543 g/mol. The van der Waals surface area contributed by atoms with Crippen molar-refractivity contribution in [2.45, 2.75) is 52.4 Å². The summed E-state index contributed by atoms with van der Waals surface area (Å²) in [6.07, 6.45) is 7.35. The van der Waals surface area contributed by atoms with Crippen LogP contribution in [-0.4, -0.2) is 48.1 Å². The normalized spacial score (nSPS) is 18.9. The predicted molar refractivity (Wildman–Crippen MR) is 154 cm³/mol. The molecule has 2 atom stereocenters. The van der Waals surface area contributed by atoms with Crippen molar-refractivity contribution < 1.29 is 23.5 Å². The number of ether oxygens (including phenoxy) is 2. The van der Waals surface area contributed by atoms with Crippen molar-refractivity contribution >= 4 is 18.0 Å². The third-order valence-corrected chi connectivity index (χ3v) is 7.95. The zero-order valence-electron chi connectivity index (χ0n) is 23.4. The second kappa shape index (κ2) is 13.0. The molecular formula is C33H38N2O5. The van der Waals surface area contributed by atoms with Crippen LogP contribution in [0.15, 0.2) is 64.6 Å². The Labute approximate surface area is 236 Å². The molecule has 210 valence electrons. The number of oxazole rings is 1. The predicted octanol–water partition coefficient (Wildman–Crippen LogP) is 6.26. The summed E-state index contributed by atoms with van der Waals surface area (Å²) in [5.74, 6) is 2.91. The number of aromatic nitrogens is 1. The summed E-state index contributed by atoms with van der Waals surface area (Å²) in [7, 11) is 0. The Bertz CT molecular complexity index is 1310. The second-order valence-electron chi connectivity index (χ2n) is 10.7. The van der Waals surface area contributed by atoms with Crippen molar-refractivity contribution in [3.8, 4) is 17.2 Å². The molecule has 2 fully saturated rings. The summed E-state index contributed by atoms with van der Waals surface area (Å²) >= 11 is 0. The van der Waals surface area contributed by atoms with Crippen LogP contribution in [0.2, 0.25) is 0 Å². The van der Waals surface area contributed by atoms with Crippen molar-refractivity contribution in [2.24, 2.45) is 11.8 Å². The summed E-state index contributed by atoms with van der Waals surface area (Å²) in [4.78, 5) is 32.4. The van der Waals surface area contributed by atoms with Gasteiger partial charge in [-0.15, -0.1) is 0 Å². The molecule has 1 aromatic heterocycles. The van der Waals surface area contributed by atoms with Gasteiger partial charge in [0, 0.05) is 30.6 Å². The van der Waals surface area contributed by atoms with Crippen LogP contribution in [0.4, 0.5) is 0 Å². The topological polar surface area (TPSA) is 81.9 Å². The lowest BCUT2D eigenvalue weighted by molar-refractivity contribution is -0.140. The molecule has 1 saturated heterocycles. The number of benzene rings is 2. The molecular weight excluding hydrogens is 504 g/mol. The number of aryl methyl sites for hydroxylation is 1. The fraction of sp³-hybridized carbons (Fsp3) is 0.424. The van der Waals surface area contributed by atoms with Crippen molar-refractivity contribution in [1.82, 2.24) is 9.88 Å². The molecule has 1 saturated carbocycles. The Morgan fingerprint density at radius 3 is 2.40 bits per heavy atom. The second-order valence-corrected chi connectivity index (χ2v) is 10.7. The summed E-state index contributed by atoms with van der Waals surface area (Å²) in [5, 5.41) is 0. The lowest BCUT2D eigenvalue weighted by Crippen LogP contribution is -2.30. The lowest BCUT2D eigenvalue weighted by atomic mass is 9.82. The van der Waals surface area contributed by atoms with Gasteiger partial charge in [0.1, 0.15) is 11.5 Å². The molecule has 0 radical (unpaired) electrons. The highest BCUT2D eigenvalue weighted by atomic mass is 16.5. The van der Waals surface area contributed by atoms with Gasteiger partial charge in [0.25, 0.3) is 0 Å². The summed E-state index contributed by atoms with van der Waals surface area (Å²) in [6.45, 7) is 6.04. The van der Waals surface area contributed by atoms with Gasteiger partial charge < -0.3 is 18.8 Å². The minimum absolute atomic E-state index is 0.00669. The van der Waals surface area contributed by atoms with Gasteiger partial charge in [0.05, 0.1) is 25.3 Å². The van der Waals surface area contributed by atoms with Gasteiger partial charge >= 0.3 is 5.97 Å². The van der Waals surface area contributed by atoms with E-state index in [2.05, 4.69) is 4.98 Å². The lowest BCUT2D eigenvalue weighted by Gasteiger charge is -2.22. The molecule has 2 unspecified atom stereocenters. The Hall–Kier alpha value is -3.87. The van der Waals surface area contributed by atoms with E-state index in [1.807, 2.05) is 66.4 Å². The zero-order chi connectivity index (χ0) is 27.9. The van der Waals surface area contributed by atoms with Crippen LogP contribution < -0.4 is 4.74 Å². The van der Waals surface area contributed by atoms with E-state index in [-0.39, 0.29) is 18.9 Å². The number of fused-ring (bicyclic) bond motifs is 1. The molecule has 1 amide bonds. The van der Waals surface area contributed by atoms with E-state index in [1.165, 1.54) is 25.7 Å². The number of carbonyl (C=O) groups is 2. The van der Waals surface area contributed by atoms with Crippen LogP contribution in [0, 0.1) is 18.8 Å². The Morgan fingerprint density at radius 2 is 1.73 bits per heavy atom. The summed E-state index contributed by atoms with van der Waals surface area (Å²) < 4.78 is 17.1. The molecule has 0 spiro atoms. The van der Waals surface area contributed by atoms with Gasteiger partial charge in [-0.2, -0.15) is 0 Å². The number of hydrogen-bond donors (Lipinski definition) is 0. The SMILES string of the molecule is CCOC(=O)/C(=C/c1ccc(OCCc2nc(-c3ccccc3)oc2C)cc1)CC(=O)N1CC2CCCCC2C1. The molecule has 0 N–H and O–H groups in total. The molecule has 5 rings (SSSR count). The number of rotatable bonds is 10. The molecule has 40 heavy (non-hydrogen) atoms. The van der Waals surface area contributed by atoms with Gasteiger partial charge in [0.2, 0.25) is 11.8 Å². The number of likely N-dealkylation sites (tertiary alicyclic amines) is 1. The molecule has 1 aliphatic heterocycles. The van der Waals surface area contributed by atoms with E-state index in [0.29, 0.717) is 36.3 Å². The molecule has 1 aliphatic carbocycles. The van der Waals surface area contributed by atoms with Crippen LogP contribution >= 0.6 is 0 Å². The maximum Gasteiger partial charge on any atom is 0.334 e. The smallest absolute Gasteiger partial charge is 0.334 e. The van der Waals surface area contributed by atoms with E-state index in [9.17, 15) is 9.59 Å². The first-order valence-electron chi connectivity index (χ1n) is 14.4. The van der Waals surface area contributed by atoms with Crippen LogP contribution in [0.3, 0.4) is 0 Å². The highest BCUT2D eigenvalue weighted by Gasteiger charge is 2.36. The van der Waals surface area contributed by atoms with Crippen molar-refractivity contribution in [1.29, 1.82) is 0 Å². The minimum Gasteiger partial charge on any atom is -0.493 e. The van der Waals surface area contributed by atoms with E-state index in [0.717, 1.165) is 41.4 Å². The third kappa shape index (κ3) is 6.82. The number of esters is 1.